The summed E-state index contributed by atoms with van der Waals surface area (Å²) in [6, 6.07) is 22.3. The van der Waals surface area contributed by atoms with Crippen molar-refractivity contribution in [3.63, 3.8) is 0 Å². The van der Waals surface area contributed by atoms with Crippen LogP contribution in [0, 0.1) is 6.92 Å². The molecular weight excluding hydrogens is 348 g/mol. The van der Waals surface area contributed by atoms with Crippen molar-refractivity contribution in [2.24, 2.45) is 0 Å². The Balaban J connectivity index is 1.98. The van der Waals surface area contributed by atoms with E-state index in [0.717, 1.165) is 33.4 Å². The van der Waals surface area contributed by atoms with Gasteiger partial charge in [-0.1, -0.05) is 67.2 Å². The number of carbonyl (C=O) groups excluding carboxylic acids is 1. The van der Waals surface area contributed by atoms with Gasteiger partial charge in [0.15, 0.2) is 0 Å². The van der Waals surface area contributed by atoms with Crippen LogP contribution in [0.2, 0.25) is 0 Å². The van der Waals surface area contributed by atoms with Gasteiger partial charge in [-0.05, 0) is 58.9 Å². The number of aliphatic hydroxyl groups is 1. The van der Waals surface area contributed by atoms with Crippen LogP contribution in [0.1, 0.15) is 23.6 Å². The van der Waals surface area contributed by atoms with Gasteiger partial charge in [-0.15, -0.1) is 0 Å². The third-order valence-corrected chi connectivity index (χ3v) is 4.68. The fraction of sp³-hybridized carbons (Fsp3) is 0.160. The molecule has 0 aliphatic carbocycles. The molecule has 0 aliphatic heterocycles. The molecule has 3 aromatic carbocycles. The van der Waals surface area contributed by atoms with Crippen LogP contribution in [-0.2, 0) is 22.7 Å². The lowest BCUT2D eigenvalue weighted by Gasteiger charge is -2.15. The SMILES string of the molecule is C=C(C)C(=O)OCc1cc(CO)ccc1-c1ccc(-c2ccccc2)cc1C. The van der Waals surface area contributed by atoms with Gasteiger partial charge in [0.1, 0.15) is 6.61 Å². The second-order valence-corrected chi connectivity index (χ2v) is 6.90. The van der Waals surface area contributed by atoms with Crippen LogP contribution in [0.15, 0.2) is 78.9 Å². The van der Waals surface area contributed by atoms with Gasteiger partial charge in [0.25, 0.3) is 0 Å². The molecule has 0 amide bonds. The van der Waals surface area contributed by atoms with E-state index in [-0.39, 0.29) is 13.2 Å². The number of hydrogen-bond donors (Lipinski definition) is 1. The van der Waals surface area contributed by atoms with Crippen LogP contribution in [-0.4, -0.2) is 11.1 Å². The summed E-state index contributed by atoms with van der Waals surface area (Å²) in [5, 5.41) is 9.48. The van der Waals surface area contributed by atoms with Crippen LogP contribution >= 0.6 is 0 Å². The molecule has 0 saturated heterocycles. The first kappa shape index (κ1) is 19.6. The second-order valence-electron chi connectivity index (χ2n) is 6.90. The fourth-order valence-electron chi connectivity index (χ4n) is 3.17. The van der Waals surface area contributed by atoms with E-state index < -0.39 is 5.97 Å². The van der Waals surface area contributed by atoms with E-state index in [1.54, 1.807) is 6.92 Å². The van der Waals surface area contributed by atoms with Gasteiger partial charge in [0.05, 0.1) is 6.61 Å². The molecule has 0 saturated carbocycles. The minimum Gasteiger partial charge on any atom is -0.457 e. The van der Waals surface area contributed by atoms with Crippen molar-refractivity contribution < 1.29 is 14.6 Å². The fourth-order valence-corrected chi connectivity index (χ4v) is 3.17. The lowest BCUT2D eigenvalue weighted by Crippen LogP contribution is -2.06. The highest BCUT2D eigenvalue weighted by molar-refractivity contribution is 5.87. The standard InChI is InChI=1S/C25H24O3/c1-17(2)25(27)28-16-22-14-19(15-26)9-11-24(22)23-12-10-21(13-18(23)3)20-7-5-4-6-8-20/h4-14,26H,1,15-16H2,2-3H3. The first-order valence-corrected chi connectivity index (χ1v) is 9.21. The summed E-state index contributed by atoms with van der Waals surface area (Å²) in [6.07, 6.45) is 0. The minimum atomic E-state index is -0.420. The van der Waals surface area contributed by atoms with E-state index in [2.05, 4.69) is 43.8 Å². The zero-order valence-corrected chi connectivity index (χ0v) is 16.2. The minimum absolute atomic E-state index is 0.0619. The molecule has 0 aliphatic rings. The van der Waals surface area contributed by atoms with Gasteiger partial charge in [0, 0.05) is 5.57 Å². The van der Waals surface area contributed by atoms with Crippen molar-refractivity contribution in [2.45, 2.75) is 27.1 Å². The number of esters is 1. The Bertz CT molecular complexity index is 1000. The molecule has 0 bridgehead atoms. The Morgan fingerprint density at radius 2 is 1.68 bits per heavy atom. The first-order valence-electron chi connectivity index (χ1n) is 9.21. The normalized spacial score (nSPS) is 10.5. The van der Waals surface area contributed by atoms with Gasteiger partial charge in [-0.25, -0.2) is 4.79 Å². The van der Waals surface area contributed by atoms with Gasteiger partial charge < -0.3 is 9.84 Å². The predicted octanol–water partition coefficient (Wildman–Crippen LogP) is 5.44. The maximum Gasteiger partial charge on any atom is 0.333 e. The van der Waals surface area contributed by atoms with E-state index in [0.29, 0.717) is 5.57 Å². The number of benzene rings is 3. The molecule has 0 unspecified atom stereocenters. The number of rotatable bonds is 6. The Kier molecular flexibility index (Phi) is 6.07. The topological polar surface area (TPSA) is 46.5 Å². The van der Waals surface area contributed by atoms with Crippen molar-refractivity contribution in [1.82, 2.24) is 0 Å². The highest BCUT2D eigenvalue weighted by Gasteiger charge is 2.12. The molecule has 28 heavy (non-hydrogen) atoms. The van der Waals surface area contributed by atoms with Crippen molar-refractivity contribution >= 4 is 5.97 Å². The summed E-state index contributed by atoms with van der Waals surface area (Å²) >= 11 is 0. The van der Waals surface area contributed by atoms with Crippen LogP contribution in [0.5, 0.6) is 0 Å². The molecule has 3 nitrogen and oxygen atoms in total. The Hall–Kier alpha value is -3.17. The quantitative estimate of drug-likeness (QED) is 0.463. The van der Waals surface area contributed by atoms with Crippen LogP contribution in [0.4, 0.5) is 0 Å². The molecule has 0 spiro atoms. The van der Waals surface area contributed by atoms with E-state index in [9.17, 15) is 9.90 Å². The van der Waals surface area contributed by atoms with Crippen LogP contribution < -0.4 is 0 Å². The lowest BCUT2D eigenvalue weighted by molar-refractivity contribution is -0.140. The zero-order chi connectivity index (χ0) is 20.1. The average Bonchev–Trinajstić information content (AvgIpc) is 2.72. The molecule has 3 rings (SSSR count). The first-order chi connectivity index (χ1) is 13.5. The summed E-state index contributed by atoms with van der Waals surface area (Å²) in [5.74, 6) is -0.420. The molecule has 0 aromatic heterocycles. The maximum atomic E-state index is 11.8. The summed E-state index contributed by atoms with van der Waals surface area (Å²) in [6.45, 7) is 7.39. The van der Waals surface area contributed by atoms with Gasteiger partial charge >= 0.3 is 5.97 Å². The summed E-state index contributed by atoms with van der Waals surface area (Å²) in [7, 11) is 0. The second kappa shape index (κ2) is 8.68. The Morgan fingerprint density at radius 1 is 0.964 bits per heavy atom. The molecule has 0 fully saturated rings. The molecule has 3 heteroatoms. The Labute approximate surface area is 165 Å². The monoisotopic (exact) mass is 372 g/mol. The molecule has 0 radical (unpaired) electrons. The zero-order valence-electron chi connectivity index (χ0n) is 16.2. The van der Waals surface area contributed by atoms with E-state index >= 15 is 0 Å². The molecule has 0 heterocycles. The van der Waals surface area contributed by atoms with Gasteiger partial charge in [-0.3, -0.25) is 0 Å². The third kappa shape index (κ3) is 4.38. The van der Waals surface area contributed by atoms with Crippen molar-refractivity contribution in [1.29, 1.82) is 0 Å². The molecule has 142 valence electrons. The smallest absolute Gasteiger partial charge is 0.333 e. The summed E-state index contributed by atoms with van der Waals surface area (Å²) in [4.78, 5) is 11.8. The van der Waals surface area contributed by atoms with Crippen molar-refractivity contribution in [2.75, 3.05) is 0 Å². The van der Waals surface area contributed by atoms with Crippen LogP contribution in [0.25, 0.3) is 22.3 Å². The highest BCUT2D eigenvalue weighted by Crippen LogP contribution is 2.31. The maximum absolute atomic E-state index is 11.8. The molecule has 0 atom stereocenters. The number of carbonyl (C=O) groups is 1. The van der Waals surface area contributed by atoms with Crippen LogP contribution in [0.3, 0.4) is 0 Å². The highest BCUT2D eigenvalue weighted by atomic mass is 16.5. The molecule has 1 N–H and O–H groups in total. The average molecular weight is 372 g/mol. The van der Waals surface area contributed by atoms with E-state index in [1.807, 2.05) is 36.4 Å². The van der Waals surface area contributed by atoms with Gasteiger partial charge in [-0.2, -0.15) is 0 Å². The van der Waals surface area contributed by atoms with Crippen molar-refractivity contribution in [3.05, 3.63) is 95.6 Å². The van der Waals surface area contributed by atoms with Crippen molar-refractivity contribution in [3.8, 4) is 22.3 Å². The number of aryl methyl sites for hydroxylation is 1. The predicted molar refractivity (Wildman–Crippen MR) is 113 cm³/mol. The number of hydrogen-bond acceptors (Lipinski definition) is 3. The van der Waals surface area contributed by atoms with Gasteiger partial charge in [0.2, 0.25) is 0 Å². The van der Waals surface area contributed by atoms with E-state index in [1.165, 1.54) is 5.56 Å². The largest absolute Gasteiger partial charge is 0.457 e. The lowest BCUT2D eigenvalue weighted by atomic mass is 9.92. The number of ether oxygens (including phenoxy) is 1. The molecular formula is C25H24O3. The van der Waals surface area contributed by atoms with E-state index in [4.69, 9.17) is 4.74 Å². The summed E-state index contributed by atoms with van der Waals surface area (Å²) < 4.78 is 5.36. The molecule has 3 aromatic rings. The summed E-state index contributed by atoms with van der Waals surface area (Å²) in [5.41, 5.74) is 7.52. The number of aliphatic hydroxyl groups excluding tert-OH is 1. The Morgan fingerprint density at radius 3 is 2.32 bits per heavy atom. The third-order valence-electron chi connectivity index (χ3n) is 4.68.